The third kappa shape index (κ3) is 2.42. The van der Waals surface area contributed by atoms with E-state index >= 15 is 0 Å². The molecule has 0 fully saturated rings. The average molecular weight is 301 g/mol. The number of carbonyl (C=O) groups is 1. The Morgan fingerprint density at radius 1 is 1.48 bits per heavy atom. The highest BCUT2D eigenvalue weighted by Gasteiger charge is 2.15. The van der Waals surface area contributed by atoms with E-state index in [4.69, 9.17) is 0 Å². The number of thiophene rings is 1. The molecule has 21 heavy (non-hydrogen) atoms. The largest absolute Gasteiger partial charge is 0.349 e. The van der Waals surface area contributed by atoms with Gasteiger partial charge < -0.3 is 5.32 Å². The van der Waals surface area contributed by atoms with Gasteiger partial charge >= 0.3 is 0 Å². The third-order valence-electron chi connectivity index (χ3n) is 3.43. The van der Waals surface area contributed by atoms with E-state index in [9.17, 15) is 9.59 Å². The van der Waals surface area contributed by atoms with Crippen molar-refractivity contribution in [1.29, 1.82) is 0 Å². The summed E-state index contributed by atoms with van der Waals surface area (Å²) in [5.74, 6) is -0.152. The fourth-order valence-electron chi connectivity index (χ4n) is 2.06. The second kappa shape index (κ2) is 5.29. The predicted octanol–water partition coefficient (Wildman–Crippen LogP) is 2.44. The molecule has 108 valence electrons. The van der Waals surface area contributed by atoms with Crippen LogP contribution in [0.3, 0.4) is 0 Å². The summed E-state index contributed by atoms with van der Waals surface area (Å²) < 4.78 is 1.49. The van der Waals surface area contributed by atoms with Gasteiger partial charge in [-0.1, -0.05) is 13.0 Å². The number of amides is 1. The molecule has 0 spiro atoms. The molecule has 3 aromatic rings. The van der Waals surface area contributed by atoms with Gasteiger partial charge in [0.25, 0.3) is 11.5 Å². The number of pyridine rings is 1. The van der Waals surface area contributed by atoms with Crippen molar-refractivity contribution in [3.8, 4) is 0 Å². The molecule has 3 heterocycles. The van der Waals surface area contributed by atoms with E-state index in [0.29, 0.717) is 20.7 Å². The standard InChI is InChI=1S/C15H15N3O2S/c1-3-9(2)16-13(19)11-8-10-14(21-11)17-12-6-4-5-7-18(12)15(10)20/h4-9H,3H2,1-2H3,(H,16,19)/t9-/m1/s1. The molecular weight excluding hydrogens is 286 g/mol. The Bertz CT molecular complexity index is 881. The maximum atomic E-state index is 12.4. The van der Waals surface area contributed by atoms with Crippen LogP contribution >= 0.6 is 11.3 Å². The maximum Gasteiger partial charge on any atom is 0.266 e. The Morgan fingerprint density at radius 2 is 2.29 bits per heavy atom. The number of hydrogen-bond acceptors (Lipinski definition) is 4. The smallest absolute Gasteiger partial charge is 0.266 e. The predicted molar refractivity (Wildman–Crippen MR) is 84.1 cm³/mol. The van der Waals surface area contributed by atoms with E-state index in [-0.39, 0.29) is 17.5 Å². The van der Waals surface area contributed by atoms with Gasteiger partial charge in [-0.3, -0.25) is 14.0 Å². The minimum absolute atomic E-state index is 0.107. The number of hydrogen-bond donors (Lipinski definition) is 1. The SMILES string of the molecule is CC[C@@H](C)NC(=O)c1cc2c(=O)n3ccccc3nc2s1. The normalized spacial score (nSPS) is 12.7. The molecule has 1 atom stereocenters. The van der Waals surface area contributed by atoms with Gasteiger partial charge in [0.2, 0.25) is 0 Å². The molecule has 0 aliphatic rings. The van der Waals surface area contributed by atoms with Crippen molar-refractivity contribution in [3.05, 3.63) is 45.7 Å². The van der Waals surface area contributed by atoms with Crippen molar-refractivity contribution < 1.29 is 4.79 Å². The van der Waals surface area contributed by atoms with Gasteiger partial charge in [0.1, 0.15) is 10.5 Å². The van der Waals surface area contributed by atoms with E-state index in [1.165, 1.54) is 15.7 Å². The van der Waals surface area contributed by atoms with Crippen molar-refractivity contribution in [2.24, 2.45) is 0 Å². The fraction of sp³-hybridized carbons (Fsp3) is 0.267. The Labute approximate surface area is 125 Å². The van der Waals surface area contributed by atoms with Crippen LogP contribution in [0, 0.1) is 0 Å². The minimum atomic E-state index is -0.152. The molecule has 3 rings (SSSR count). The summed E-state index contributed by atoms with van der Waals surface area (Å²) in [6, 6.07) is 7.13. The summed E-state index contributed by atoms with van der Waals surface area (Å²) in [5, 5.41) is 3.39. The molecule has 0 radical (unpaired) electrons. The topological polar surface area (TPSA) is 63.5 Å². The van der Waals surface area contributed by atoms with Crippen LogP contribution < -0.4 is 10.9 Å². The summed E-state index contributed by atoms with van der Waals surface area (Å²) in [6.07, 6.45) is 2.54. The molecule has 6 heteroatoms. The quantitative estimate of drug-likeness (QED) is 0.808. The van der Waals surface area contributed by atoms with Gasteiger partial charge in [-0.2, -0.15) is 0 Å². The van der Waals surface area contributed by atoms with E-state index in [1.807, 2.05) is 19.9 Å². The van der Waals surface area contributed by atoms with Gasteiger partial charge in [-0.15, -0.1) is 11.3 Å². The molecule has 1 amide bonds. The van der Waals surface area contributed by atoms with E-state index in [2.05, 4.69) is 10.3 Å². The van der Waals surface area contributed by atoms with Gasteiger partial charge in [-0.25, -0.2) is 4.98 Å². The number of nitrogens with zero attached hydrogens (tertiary/aromatic N) is 2. The van der Waals surface area contributed by atoms with Crippen molar-refractivity contribution in [3.63, 3.8) is 0 Å². The van der Waals surface area contributed by atoms with Gasteiger partial charge in [0.15, 0.2) is 0 Å². The first-order valence-corrected chi connectivity index (χ1v) is 7.63. The molecule has 1 N–H and O–H groups in total. The lowest BCUT2D eigenvalue weighted by molar-refractivity contribution is 0.0943. The zero-order valence-electron chi connectivity index (χ0n) is 11.8. The lowest BCUT2D eigenvalue weighted by Crippen LogP contribution is -2.31. The lowest BCUT2D eigenvalue weighted by Gasteiger charge is -2.09. The number of rotatable bonds is 3. The van der Waals surface area contributed by atoms with E-state index in [0.717, 1.165) is 6.42 Å². The first kappa shape index (κ1) is 13.8. The van der Waals surface area contributed by atoms with Crippen LogP contribution in [0.1, 0.15) is 29.9 Å². The summed E-state index contributed by atoms with van der Waals surface area (Å²) in [7, 11) is 0. The fourth-order valence-corrected chi connectivity index (χ4v) is 2.99. The molecule has 0 saturated heterocycles. The highest BCUT2D eigenvalue weighted by Crippen LogP contribution is 2.22. The van der Waals surface area contributed by atoms with Crippen LogP contribution in [0.2, 0.25) is 0 Å². The highest BCUT2D eigenvalue weighted by molar-refractivity contribution is 7.20. The lowest BCUT2D eigenvalue weighted by atomic mass is 10.2. The summed E-state index contributed by atoms with van der Waals surface area (Å²) in [5.41, 5.74) is 0.445. The zero-order chi connectivity index (χ0) is 15.0. The summed E-state index contributed by atoms with van der Waals surface area (Å²) in [6.45, 7) is 3.96. The number of nitrogens with one attached hydrogen (secondary N) is 1. The van der Waals surface area contributed by atoms with Crippen LogP contribution in [0.25, 0.3) is 15.9 Å². The molecule has 3 aromatic heterocycles. The Kier molecular flexibility index (Phi) is 3.47. The van der Waals surface area contributed by atoms with Crippen molar-refractivity contribution >= 4 is 33.1 Å². The average Bonchev–Trinajstić information content (AvgIpc) is 2.91. The van der Waals surface area contributed by atoms with Gasteiger partial charge in [0, 0.05) is 12.2 Å². The van der Waals surface area contributed by atoms with Crippen LogP contribution in [-0.4, -0.2) is 21.3 Å². The van der Waals surface area contributed by atoms with Crippen LogP contribution in [0.15, 0.2) is 35.3 Å². The second-order valence-corrected chi connectivity index (χ2v) is 5.99. The summed E-state index contributed by atoms with van der Waals surface area (Å²) in [4.78, 5) is 30.1. The molecular formula is C15H15N3O2S. The highest BCUT2D eigenvalue weighted by atomic mass is 32.1. The van der Waals surface area contributed by atoms with Crippen molar-refractivity contribution in [2.45, 2.75) is 26.3 Å². The molecule has 0 aliphatic carbocycles. The van der Waals surface area contributed by atoms with E-state index < -0.39 is 0 Å². The third-order valence-corrected chi connectivity index (χ3v) is 4.46. The zero-order valence-corrected chi connectivity index (χ0v) is 12.6. The van der Waals surface area contributed by atoms with Crippen LogP contribution in [0.5, 0.6) is 0 Å². The molecule has 0 aromatic carbocycles. The first-order chi connectivity index (χ1) is 10.1. The molecule has 0 saturated carbocycles. The molecule has 0 bridgehead atoms. The first-order valence-electron chi connectivity index (χ1n) is 6.82. The van der Waals surface area contributed by atoms with Gasteiger partial charge in [-0.05, 0) is 31.5 Å². The number of carbonyl (C=O) groups excluding carboxylic acids is 1. The molecule has 5 nitrogen and oxygen atoms in total. The van der Waals surface area contributed by atoms with E-state index in [1.54, 1.807) is 24.4 Å². The monoisotopic (exact) mass is 301 g/mol. The van der Waals surface area contributed by atoms with Crippen LogP contribution in [-0.2, 0) is 0 Å². The van der Waals surface area contributed by atoms with Crippen LogP contribution in [0.4, 0.5) is 0 Å². The Hall–Kier alpha value is -2.21. The minimum Gasteiger partial charge on any atom is -0.349 e. The van der Waals surface area contributed by atoms with Crippen molar-refractivity contribution in [2.75, 3.05) is 0 Å². The molecule has 0 unspecified atom stereocenters. The second-order valence-electron chi connectivity index (χ2n) is 4.96. The Morgan fingerprint density at radius 3 is 3.05 bits per heavy atom. The number of fused-ring (bicyclic) bond motifs is 2. The summed E-state index contributed by atoms with van der Waals surface area (Å²) >= 11 is 1.25. The molecule has 0 aliphatic heterocycles. The number of aromatic nitrogens is 2. The Balaban J connectivity index is 2.12. The van der Waals surface area contributed by atoms with Crippen molar-refractivity contribution in [1.82, 2.24) is 14.7 Å². The maximum absolute atomic E-state index is 12.4. The van der Waals surface area contributed by atoms with Gasteiger partial charge in [0.05, 0.1) is 10.3 Å².